The average molecular weight is 776 g/mol. The Morgan fingerprint density at radius 1 is 0.536 bits per heavy atom. The number of aliphatic hydroxyl groups excluding tert-OH is 2. The lowest BCUT2D eigenvalue weighted by molar-refractivity contribution is -0.00112. The normalized spacial score (nSPS) is 13.6. The molecular weight excluding hydrogens is 714 g/mol. The van der Waals surface area contributed by atoms with Crippen LogP contribution in [-0.2, 0) is 9.47 Å². The van der Waals surface area contributed by atoms with Crippen LogP contribution in [0.25, 0.3) is 34.2 Å². The first-order chi connectivity index (χ1) is 27.2. The minimum Gasteiger partial charge on any atom is -0.507 e. The predicted octanol–water partition coefficient (Wildman–Crippen LogP) is 8.24. The Kier molecular flexibility index (Phi) is 18.6. The van der Waals surface area contributed by atoms with Crippen molar-refractivity contribution in [2.24, 2.45) is 11.8 Å². The number of hydrogen-bond acceptors (Lipinski definition) is 12. The summed E-state index contributed by atoms with van der Waals surface area (Å²) < 4.78 is 28.4. The van der Waals surface area contributed by atoms with Crippen LogP contribution in [0.15, 0.2) is 60.7 Å². The van der Waals surface area contributed by atoms with E-state index in [2.05, 4.69) is 42.6 Å². The van der Waals surface area contributed by atoms with Gasteiger partial charge >= 0.3 is 0 Å². The van der Waals surface area contributed by atoms with E-state index >= 15 is 0 Å². The number of phenols is 2. The van der Waals surface area contributed by atoms with Gasteiger partial charge in [-0.15, -0.1) is 0 Å². The fourth-order valence-corrected chi connectivity index (χ4v) is 6.09. The molecule has 4 rings (SSSR count). The molecule has 0 aliphatic carbocycles. The monoisotopic (exact) mass is 775 g/mol. The molecule has 1 aromatic heterocycles. The van der Waals surface area contributed by atoms with Crippen LogP contribution in [0.3, 0.4) is 0 Å². The van der Waals surface area contributed by atoms with Gasteiger partial charge in [-0.3, -0.25) is 0 Å². The highest BCUT2D eigenvalue weighted by Crippen LogP contribution is 2.36. The van der Waals surface area contributed by atoms with E-state index in [1.54, 1.807) is 55.6 Å². The molecule has 4 unspecified atom stereocenters. The standard InChI is InChI=1S/C44H61N3O9/c1-6-10-12-30(8-3)24-53-26-33(48)28-55-36-18-20-38(40(50)22-36)43-45-42(32-14-16-35(52-5)17-15-32)46-44(47-43)39-21-19-37(23-41(39)51)56-29-34(49)27-54-25-31(9-4)13-11-7-2/h14-23,30-31,33-34,48-51H,6-13,24-29H2,1-5H3. The lowest BCUT2D eigenvalue weighted by Gasteiger charge is -2.17. The molecule has 0 amide bonds. The molecule has 4 atom stereocenters. The van der Waals surface area contributed by atoms with Crippen molar-refractivity contribution in [1.82, 2.24) is 15.0 Å². The first-order valence-corrected chi connectivity index (χ1v) is 20.0. The first kappa shape index (κ1) is 44.2. The number of unbranched alkanes of at least 4 members (excludes halogenated alkanes) is 2. The number of phenolic OH excluding ortho intramolecular Hbond substituents is 2. The Balaban J connectivity index is 1.47. The van der Waals surface area contributed by atoms with Crippen LogP contribution in [0.2, 0.25) is 0 Å². The van der Waals surface area contributed by atoms with Crippen molar-refractivity contribution in [3.8, 4) is 62.9 Å². The topological polar surface area (TPSA) is 166 Å². The van der Waals surface area contributed by atoms with E-state index in [0.29, 0.717) is 64.8 Å². The number of rotatable bonds is 26. The van der Waals surface area contributed by atoms with E-state index < -0.39 is 12.2 Å². The van der Waals surface area contributed by atoms with E-state index in [1.807, 2.05) is 0 Å². The van der Waals surface area contributed by atoms with Crippen molar-refractivity contribution in [1.29, 1.82) is 0 Å². The van der Waals surface area contributed by atoms with Crippen molar-refractivity contribution >= 4 is 0 Å². The van der Waals surface area contributed by atoms with Crippen LogP contribution in [0.4, 0.5) is 0 Å². The van der Waals surface area contributed by atoms with Crippen molar-refractivity contribution in [2.75, 3.05) is 46.8 Å². The summed E-state index contributed by atoms with van der Waals surface area (Å²) in [5.41, 5.74) is 1.28. The molecule has 12 nitrogen and oxygen atoms in total. The number of aromatic nitrogens is 3. The van der Waals surface area contributed by atoms with Gasteiger partial charge in [-0.2, -0.15) is 0 Å². The molecular formula is C44H61N3O9. The largest absolute Gasteiger partial charge is 0.507 e. The number of nitrogens with zero attached hydrogens (tertiary/aromatic N) is 3. The van der Waals surface area contributed by atoms with Crippen LogP contribution in [0.1, 0.15) is 79.1 Å². The van der Waals surface area contributed by atoms with E-state index in [-0.39, 0.29) is 49.6 Å². The highest BCUT2D eigenvalue weighted by atomic mass is 16.5. The van der Waals surface area contributed by atoms with Gasteiger partial charge in [-0.25, -0.2) is 15.0 Å². The SMILES string of the molecule is CCCCC(CC)COCC(O)COc1ccc(-c2nc(-c3ccc(OC)cc3)nc(-c3ccc(OCC(O)COCC(CC)CCCC)cc3O)n2)c(O)c1. The molecule has 0 aliphatic heterocycles. The summed E-state index contributed by atoms with van der Waals surface area (Å²) >= 11 is 0. The average Bonchev–Trinajstić information content (AvgIpc) is 3.21. The number of aliphatic hydroxyl groups is 2. The van der Waals surface area contributed by atoms with E-state index in [1.165, 1.54) is 12.1 Å². The molecule has 0 aliphatic rings. The number of hydrogen-bond donors (Lipinski definition) is 4. The van der Waals surface area contributed by atoms with Crippen molar-refractivity contribution < 1.29 is 44.1 Å². The van der Waals surface area contributed by atoms with Crippen molar-refractivity contribution in [2.45, 2.75) is 91.3 Å². The van der Waals surface area contributed by atoms with Gasteiger partial charge in [-0.05, 0) is 73.2 Å². The second-order valence-corrected chi connectivity index (χ2v) is 14.2. The Bertz CT molecular complexity index is 1640. The summed E-state index contributed by atoms with van der Waals surface area (Å²) in [5, 5.41) is 43.2. The second-order valence-electron chi connectivity index (χ2n) is 14.2. The summed E-state index contributed by atoms with van der Waals surface area (Å²) in [6.07, 6.45) is 7.24. The molecule has 306 valence electrons. The molecule has 1 heterocycles. The zero-order chi connectivity index (χ0) is 40.3. The quantitative estimate of drug-likeness (QED) is 0.0484. The third-order valence-electron chi connectivity index (χ3n) is 9.70. The zero-order valence-electron chi connectivity index (χ0n) is 33.7. The van der Waals surface area contributed by atoms with Crippen molar-refractivity contribution in [3.05, 3.63) is 60.7 Å². The van der Waals surface area contributed by atoms with Gasteiger partial charge in [0.2, 0.25) is 0 Å². The number of aromatic hydroxyl groups is 2. The maximum Gasteiger partial charge on any atom is 0.167 e. The lowest BCUT2D eigenvalue weighted by atomic mass is 10.0. The molecule has 4 N–H and O–H groups in total. The highest BCUT2D eigenvalue weighted by Gasteiger charge is 2.19. The molecule has 0 spiro atoms. The van der Waals surface area contributed by atoms with Crippen LogP contribution in [-0.4, -0.2) is 94.3 Å². The Morgan fingerprint density at radius 2 is 0.964 bits per heavy atom. The van der Waals surface area contributed by atoms with Crippen molar-refractivity contribution in [3.63, 3.8) is 0 Å². The van der Waals surface area contributed by atoms with E-state index in [9.17, 15) is 20.4 Å². The van der Waals surface area contributed by atoms with Crippen LogP contribution < -0.4 is 14.2 Å². The molecule has 12 heteroatoms. The maximum absolute atomic E-state index is 11.1. The molecule has 56 heavy (non-hydrogen) atoms. The minimum atomic E-state index is -0.832. The molecule has 4 aromatic rings. The van der Waals surface area contributed by atoms with Gasteiger partial charge in [0.15, 0.2) is 17.5 Å². The van der Waals surface area contributed by atoms with Gasteiger partial charge < -0.3 is 44.1 Å². The Hall–Kier alpha value is -4.49. The Morgan fingerprint density at radius 3 is 1.36 bits per heavy atom. The van der Waals surface area contributed by atoms with E-state index in [4.69, 9.17) is 23.7 Å². The maximum atomic E-state index is 11.1. The van der Waals surface area contributed by atoms with Gasteiger partial charge in [0, 0.05) is 30.9 Å². The Labute approximate surface area is 331 Å². The molecule has 0 saturated heterocycles. The van der Waals surface area contributed by atoms with Crippen LogP contribution in [0, 0.1) is 11.8 Å². The van der Waals surface area contributed by atoms with Crippen LogP contribution >= 0.6 is 0 Å². The van der Waals surface area contributed by atoms with Gasteiger partial charge in [0.1, 0.15) is 54.2 Å². The molecule has 0 saturated carbocycles. The highest BCUT2D eigenvalue weighted by molar-refractivity contribution is 5.73. The third kappa shape index (κ3) is 13.9. The summed E-state index contributed by atoms with van der Waals surface area (Å²) in [5.74, 6) is 2.65. The smallest absolute Gasteiger partial charge is 0.167 e. The minimum absolute atomic E-state index is 0.00765. The summed E-state index contributed by atoms with van der Waals surface area (Å²) in [4.78, 5) is 14.0. The van der Waals surface area contributed by atoms with Gasteiger partial charge in [0.25, 0.3) is 0 Å². The molecule has 0 bridgehead atoms. The summed E-state index contributed by atoms with van der Waals surface area (Å²) in [7, 11) is 1.58. The fourth-order valence-electron chi connectivity index (χ4n) is 6.09. The number of ether oxygens (including phenoxy) is 5. The second kappa shape index (κ2) is 23.5. The van der Waals surface area contributed by atoms with Gasteiger partial charge in [0.05, 0.1) is 31.5 Å². The predicted molar refractivity (Wildman–Crippen MR) is 217 cm³/mol. The fraction of sp³-hybridized carbons (Fsp3) is 0.523. The summed E-state index contributed by atoms with van der Waals surface area (Å²) in [6, 6.07) is 16.6. The van der Waals surface area contributed by atoms with E-state index in [0.717, 1.165) is 51.4 Å². The molecule has 0 fully saturated rings. The number of benzene rings is 3. The molecule has 3 aromatic carbocycles. The lowest BCUT2D eigenvalue weighted by Crippen LogP contribution is -2.25. The third-order valence-corrected chi connectivity index (χ3v) is 9.70. The van der Waals surface area contributed by atoms with Gasteiger partial charge in [-0.1, -0.05) is 66.2 Å². The molecule has 0 radical (unpaired) electrons. The van der Waals surface area contributed by atoms with Crippen LogP contribution in [0.5, 0.6) is 28.7 Å². The zero-order valence-corrected chi connectivity index (χ0v) is 33.7. The summed E-state index contributed by atoms with van der Waals surface area (Å²) in [6.45, 7) is 10.1. The number of methoxy groups -OCH3 is 1. The first-order valence-electron chi connectivity index (χ1n) is 20.0.